The van der Waals surface area contributed by atoms with Crippen LogP contribution in [0.3, 0.4) is 0 Å². The molecule has 0 bridgehead atoms. The van der Waals surface area contributed by atoms with Gasteiger partial charge in [-0.1, -0.05) is 11.2 Å². The predicted molar refractivity (Wildman–Crippen MR) is 94.8 cm³/mol. The van der Waals surface area contributed by atoms with E-state index in [9.17, 15) is 4.79 Å². The van der Waals surface area contributed by atoms with Gasteiger partial charge in [0.15, 0.2) is 0 Å². The van der Waals surface area contributed by atoms with Crippen molar-refractivity contribution in [2.75, 3.05) is 0 Å². The Kier molecular flexibility index (Phi) is 4.40. The number of carbonyl (C=O) groups excluding carboxylic acids is 1. The van der Waals surface area contributed by atoms with Gasteiger partial charge in [0, 0.05) is 29.2 Å². The number of nitrogens with one attached hydrogen (secondary N) is 1. The molecule has 9 heteroatoms. The second-order valence-corrected chi connectivity index (χ2v) is 5.81. The molecule has 1 atom stereocenters. The van der Waals surface area contributed by atoms with E-state index in [1.54, 1.807) is 60.8 Å². The Bertz CT molecular complexity index is 1040. The number of benzene rings is 1. The van der Waals surface area contributed by atoms with Crippen LogP contribution in [0.25, 0.3) is 17.1 Å². The van der Waals surface area contributed by atoms with Gasteiger partial charge in [-0.3, -0.25) is 14.3 Å². The molecule has 1 aromatic carbocycles. The fourth-order valence-electron chi connectivity index (χ4n) is 2.51. The summed E-state index contributed by atoms with van der Waals surface area (Å²) in [6.45, 7) is 1.78. The molecule has 0 radical (unpaired) electrons. The highest BCUT2D eigenvalue weighted by molar-refractivity contribution is 5.94. The zero-order valence-electron chi connectivity index (χ0n) is 14.4. The van der Waals surface area contributed by atoms with Crippen molar-refractivity contribution in [3.05, 3.63) is 72.9 Å². The summed E-state index contributed by atoms with van der Waals surface area (Å²) < 4.78 is 7.00. The molecule has 0 aliphatic heterocycles. The van der Waals surface area contributed by atoms with Gasteiger partial charge in [0.2, 0.25) is 11.7 Å². The monoisotopic (exact) mass is 361 g/mol. The predicted octanol–water partition coefficient (Wildman–Crippen LogP) is 2.20. The lowest BCUT2D eigenvalue weighted by atomic mass is 10.1. The summed E-state index contributed by atoms with van der Waals surface area (Å²) in [6.07, 6.45) is 6.45. The summed E-state index contributed by atoms with van der Waals surface area (Å²) in [5, 5.41) is 14.3. The Balaban J connectivity index is 1.49. The molecule has 0 aliphatic carbocycles. The van der Waals surface area contributed by atoms with E-state index in [4.69, 9.17) is 4.52 Å². The van der Waals surface area contributed by atoms with Crippen LogP contribution in [0.4, 0.5) is 0 Å². The summed E-state index contributed by atoms with van der Waals surface area (Å²) in [6, 6.07) is 10.3. The average molecular weight is 361 g/mol. The molecule has 0 unspecified atom stereocenters. The maximum atomic E-state index is 12.6. The van der Waals surface area contributed by atoms with Gasteiger partial charge < -0.3 is 9.84 Å². The van der Waals surface area contributed by atoms with E-state index in [0.717, 1.165) is 11.3 Å². The molecule has 4 aromatic rings. The third-order valence-corrected chi connectivity index (χ3v) is 3.90. The molecule has 9 nitrogen and oxygen atoms in total. The number of nitrogens with zero attached hydrogens (tertiary/aromatic N) is 6. The molecule has 0 saturated carbocycles. The minimum atomic E-state index is -0.450. The lowest BCUT2D eigenvalue weighted by Crippen LogP contribution is -2.27. The van der Waals surface area contributed by atoms with Crippen LogP contribution in [-0.4, -0.2) is 35.8 Å². The molecular weight excluding hydrogens is 346 g/mol. The summed E-state index contributed by atoms with van der Waals surface area (Å²) >= 11 is 0. The molecule has 3 heterocycles. The Morgan fingerprint density at radius 1 is 1.19 bits per heavy atom. The van der Waals surface area contributed by atoms with Gasteiger partial charge in [0.1, 0.15) is 18.7 Å². The van der Waals surface area contributed by atoms with Crippen molar-refractivity contribution >= 4 is 5.91 Å². The number of rotatable bonds is 5. The zero-order valence-corrected chi connectivity index (χ0v) is 14.4. The molecule has 0 saturated heterocycles. The quantitative estimate of drug-likeness (QED) is 0.580. The van der Waals surface area contributed by atoms with Gasteiger partial charge in [-0.15, -0.1) is 10.2 Å². The largest absolute Gasteiger partial charge is 0.341 e. The van der Waals surface area contributed by atoms with Crippen LogP contribution in [0, 0.1) is 0 Å². The van der Waals surface area contributed by atoms with Crippen molar-refractivity contribution in [2.24, 2.45) is 0 Å². The third-order valence-electron chi connectivity index (χ3n) is 3.90. The van der Waals surface area contributed by atoms with E-state index in [1.807, 2.05) is 12.1 Å². The van der Waals surface area contributed by atoms with Gasteiger partial charge in [0.25, 0.3) is 5.91 Å². The number of amides is 1. The molecule has 0 aliphatic rings. The first kappa shape index (κ1) is 16.6. The molecule has 0 fully saturated rings. The summed E-state index contributed by atoms with van der Waals surface area (Å²) in [5.74, 6) is 0.490. The van der Waals surface area contributed by atoms with Gasteiger partial charge in [0.05, 0.1) is 0 Å². The third kappa shape index (κ3) is 3.56. The second-order valence-electron chi connectivity index (χ2n) is 5.81. The fourth-order valence-corrected chi connectivity index (χ4v) is 2.51. The Morgan fingerprint density at radius 2 is 2.04 bits per heavy atom. The molecular formula is C18H15N7O2. The van der Waals surface area contributed by atoms with Crippen molar-refractivity contribution in [1.82, 2.24) is 35.2 Å². The molecule has 1 N–H and O–H groups in total. The molecule has 3 aromatic heterocycles. The van der Waals surface area contributed by atoms with Crippen molar-refractivity contribution in [3.63, 3.8) is 0 Å². The maximum Gasteiger partial charge on any atom is 0.251 e. The Labute approximate surface area is 154 Å². The van der Waals surface area contributed by atoms with E-state index >= 15 is 0 Å². The second kappa shape index (κ2) is 7.16. The highest BCUT2D eigenvalue weighted by Gasteiger charge is 2.18. The topological polar surface area (TPSA) is 112 Å². The van der Waals surface area contributed by atoms with Gasteiger partial charge in [-0.05, 0) is 37.3 Å². The van der Waals surface area contributed by atoms with Crippen LogP contribution < -0.4 is 5.32 Å². The van der Waals surface area contributed by atoms with E-state index in [-0.39, 0.29) is 5.91 Å². The molecule has 4 rings (SSSR count). The van der Waals surface area contributed by atoms with Crippen LogP contribution in [0.15, 0.2) is 66.0 Å². The van der Waals surface area contributed by atoms with Gasteiger partial charge in [-0.25, -0.2) is 0 Å². The van der Waals surface area contributed by atoms with Crippen molar-refractivity contribution in [3.8, 4) is 17.1 Å². The number of hydrogen-bond acceptors (Lipinski definition) is 7. The highest BCUT2D eigenvalue weighted by atomic mass is 16.5. The molecule has 27 heavy (non-hydrogen) atoms. The Hall–Kier alpha value is -3.88. The normalized spacial score (nSPS) is 11.9. The summed E-state index contributed by atoms with van der Waals surface area (Å²) in [5.41, 5.74) is 2.03. The smallest absolute Gasteiger partial charge is 0.251 e. The minimum Gasteiger partial charge on any atom is -0.341 e. The van der Waals surface area contributed by atoms with E-state index in [2.05, 4.69) is 30.6 Å². The van der Waals surface area contributed by atoms with E-state index < -0.39 is 6.04 Å². The summed E-state index contributed by atoms with van der Waals surface area (Å²) in [7, 11) is 0. The summed E-state index contributed by atoms with van der Waals surface area (Å²) in [4.78, 5) is 20.9. The van der Waals surface area contributed by atoms with Crippen molar-refractivity contribution in [1.29, 1.82) is 0 Å². The number of aromatic nitrogens is 6. The van der Waals surface area contributed by atoms with Crippen LogP contribution in [0.1, 0.15) is 29.2 Å². The number of hydrogen-bond donors (Lipinski definition) is 1. The van der Waals surface area contributed by atoms with E-state index in [1.165, 1.54) is 0 Å². The minimum absolute atomic E-state index is 0.251. The fraction of sp³-hybridized carbons (Fsp3) is 0.111. The average Bonchev–Trinajstić information content (AvgIpc) is 3.41. The zero-order chi connectivity index (χ0) is 18.6. The standard InChI is InChI=1S/C18H15N7O2/c1-12(18-23-16(24-27-18)14-5-3-7-19-9-14)22-17(26)13-4-2-6-15(8-13)25-10-20-21-11-25/h2-12H,1H3,(H,22,26)/t12-/m1/s1. The molecule has 0 spiro atoms. The first-order valence-electron chi connectivity index (χ1n) is 8.20. The first-order valence-corrected chi connectivity index (χ1v) is 8.20. The number of pyridine rings is 1. The molecule has 134 valence electrons. The highest BCUT2D eigenvalue weighted by Crippen LogP contribution is 2.18. The maximum absolute atomic E-state index is 12.6. The number of carbonyl (C=O) groups is 1. The van der Waals surface area contributed by atoms with E-state index in [0.29, 0.717) is 17.3 Å². The SMILES string of the molecule is C[C@@H](NC(=O)c1cccc(-n2cnnc2)c1)c1nc(-c2cccnc2)no1. The van der Waals surface area contributed by atoms with Gasteiger partial charge in [-0.2, -0.15) is 4.98 Å². The first-order chi connectivity index (χ1) is 13.2. The van der Waals surface area contributed by atoms with Crippen LogP contribution in [-0.2, 0) is 0 Å². The molecule has 1 amide bonds. The van der Waals surface area contributed by atoms with Crippen LogP contribution >= 0.6 is 0 Å². The van der Waals surface area contributed by atoms with Crippen molar-refractivity contribution in [2.45, 2.75) is 13.0 Å². The van der Waals surface area contributed by atoms with Crippen LogP contribution in [0.2, 0.25) is 0 Å². The van der Waals surface area contributed by atoms with Gasteiger partial charge >= 0.3 is 0 Å². The lowest BCUT2D eigenvalue weighted by molar-refractivity contribution is 0.0932. The van der Waals surface area contributed by atoms with Crippen molar-refractivity contribution < 1.29 is 9.32 Å². The lowest BCUT2D eigenvalue weighted by Gasteiger charge is -2.10. The Morgan fingerprint density at radius 3 is 2.81 bits per heavy atom. The van der Waals surface area contributed by atoms with Crippen LogP contribution in [0.5, 0.6) is 0 Å².